The van der Waals surface area contributed by atoms with Gasteiger partial charge in [0.05, 0.1) is 10.9 Å². The van der Waals surface area contributed by atoms with Crippen molar-refractivity contribution in [2.75, 3.05) is 7.05 Å². The van der Waals surface area contributed by atoms with E-state index in [2.05, 4.69) is 0 Å². The molecule has 0 heterocycles. The highest BCUT2D eigenvalue weighted by Gasteiger charge is 2.30. The second kappa shape index (κ2) is 5.70. The van der Waals surface area contributed by atoms with Crippen molar-refractivity contribution in [3.8, 4) is 11.5 Å². The molecule has 104 valence electrons. The van der Waals surface area contributed by atoms with Crippen molar-refractivity contribution in [1.29, 1.82) is 0 Å². The van der Waals surface area contributed by atoms with Crippen LogP contribution in [0, 0.1) is 0 Å². The van der Waals surface area contributed by atoms with E-state index in [9.17, 15) is 15.0 Å². The number of hydrogen-bond acceptors (Lipinski definition) is 3. The molecule has 1 aromatic carbocycles. The summed E-state index contributed by atoms with van der Waals surface area (Å²) in [6.45, 7) is 0. The molecule has 19 heavy (non-hydrogen) atoms. The second-order valence-corrected chi connectivity index (χ2v) is 5.55. The standard InChI is InChI=1S/C14H18ClNO3/c1-16(12-5-3-2-4-11(12)15)14(19)10-8-9(17)6-7-13(10)18/h6-8,11-12,17-18H,2-5H2,1H3. The van der Waals surface area contributed by atoms with Crippen molar-refractivity contribution in [2.45, 2.75) is 37.1 Å². The molecule has 0 bridgehead atoms. The number of rotatable bonds is 2. The molecule has 0 aromatic heterocycles. The fourth-order valence-corrected chi connectivity index (χ4v) is 2.99. The highest BCUT2D eigenvalue weighted by atomic mass is 35.5. The smallest absolute Gasteiger partial charge is 0.257 e. The van der Waals surface area contributed by atoms with Crippen LogP contribution in [-0.4, -0.2) is 39.5 Å². The number of carbonyl (C=O) groups is 1. The lowest BCUT2D eigenvalue weighted by molar-refractivity contribution is 0.0697. The molecule has 5 heteroatoms. The summed E-state index contributed by atoms with van der Waals surface area (Å²) in [7, 11) is 1.69. The largest absolute Gasteiger partial charge is 0.508 e. The predicted octanol–water partition coefficient (Wildman–Crippen LogP) is 2.72. The van der Waals surface area contributed by atoms with E-state index in [1.807, 2.05) is 0 Å². The summed E-state index contributed by atoms with van der Waals surface area (Å²) in [5.41, 5.74) is 0.108. The van der Waals surface area contributed by atoms with Crippen LogP contribution in [0.25, 0.3) is 0 Å². The van der Waals surface area contributed by atoms with Gasteiger partial charge in [0.15, 0.2) is 0 Å². The van der Waals surface area contributed by atoms with Gasteiger partial charge in [0.1, 0.15) is 11.5 Å². The molecule has 2 unspecified atom stereocenters. The van der Waals surface area contributed by atoms with Gasteiger partial charge in [-0.25, -0.2) is 0 Å². The van der Waals surface area contributed by atoms with Crippen molar-refractivity contribution in [2.24, 2.45) is 0 Å². The Labute approximate surface area is 117 Å². The number of halogens is 1. The third-order valence-corrected chi connectivity index (χ3v) is 4.18. The van der Waals surface area contributed by atoms with E-state index in [0.717, 1.165) is 25.7 Å². The zero-order chi connectivity index (χ0) is 14.0. The summed E-state index contributed by atoms with van der Waals surface area (Å²) < 4.78 is 0. The first-order chi connectivity index (χ1) is 9.00. The molecule has 4 nitrogen and oxygen atoms in total. The normalized spacial score (nSPS) is 23.1. The number of nitrogens with zero attached hydrogens (tertiary/aromatic N) is 1. The van der Waals surface area contributed by atoms with Crippen molar-refractivity contribution < 1.29 is 15.0 Å². The van der Waals surface area contributed by atoms with E-state index in [4.69, 9.17) is 11.6 Å². The zero-order valence-electron chi connectivity index (χ0n) is 10.8. The third kappa shape index (κ3) is 2.95. The minimum absolute atomic E-state index is 0.0235. The van der Waals surface area contributed by atoms with Gasteiger partial charge in [-0.3, -0.25) is 4.79 Å². The molecule has 0 radical (unpaired) electrons. The summed E-state index contributed by atoms with van der Waals surface area (Å²) in [6, 6.07) is 3.91. The van der Waals surface area contributed by atoms with Crippen molar-refractivity contribution >= 4 is 17.5 Å². The SMILES string of the molecule is CN(C(=O)c1cc(O)ccc1O)C1CCCCC1Cl. The number of carbonyl (C=O) groups excluding carboxylic acids is 1. The number of hydrogen-bond donors (Lipinski definition) is 2. The maximum Gasteiger partial charge on any atom is 0.257 e. The molecule has 0 spiro atoms. The number of benzene rings is 1. The Hall–Kier alpha value is -1.42. The summed E-state index contributed by atoms with van der Waals surface area (Å²) in [5, 5.41) is 19.1. The van der Waals surface area contributed by atoms with Crippen LogP contribution in [0.4, 0.5) is 0 Å². The Balaban J connectivity index is 2.20. The Morgan fingerprint density at radius 3 is 2.68 bits per heavy atom. The van der Waals surface area contributed by atoms with Gasteiger partial charge in [-0.15, -0.1) is 11.6 Å². The molecule has 1 saturated carbocycles. The van der Waals surface area contributed by atoms with Crippen LogP contribution in [-0.2, 0) is 0 Å². The van der Waals surface area contributed by atoms with Crippen LogP contribution in [0.15, 0.2) is 18.2 Å². The summed E-state index contributed by atoms with van der Waals surface area (Å²) in [4.78, 5) is 13.9. The molecular formula is C14H18ClNO3. The molecular weight excluding hydrogens is 266 g/mol. The second-order valence-electron chi connectivity index (χ2n) is 4.99. The van der Waals surface area contributed by atoms with Crippen molar-refractivity contribution in [3.63, 3.8) is 0 Å². The highest BCUT2D eigenvalue weighted by molar-refractivity contribution is 6.21. The molecule has 1 aromatic rings. The van der Waals surface area contributed by atoms with Crippen molar-refractivity contribution in [1.82, 2.24) is 4.90 Å². The Kier molecular flexibility index (Phi) is 4.20. The lowest BCUT2D eigenvalue weighted by Gasteiger charge is -2.35. The van der Waals surface area contributed by atoms with Gasteiger partial charge in [0, 0.05) is 13.1 Å². The van der Waals surface area contributed by atoms with E-state index >= 15 is 0 Å². The lowest BCUT2D eigenvalue weighted by atomic mass is 9.93. The lowest BCUT2D eigenvalue weighted by Crippen LogP contribution is -2.44. The van der Waals surface area contributed by atoms with E-state index in [1.54, 1.807) is 11.9 Å². The van der Waals surface area contributed by atoms with Gasteiger partial charge in [-0.2, -0.15) is 0 Å². The maximum absolute atomic E-state index is 12.4. The first-order valence-corrected chi connectivity index (χ1v) is 6.87. The van der Waals surface area contributed by atoms with Gasteiger partial charge in [0.25, 0.3) is 5.91 Å². The summed E-state index contributed by atoms with van der Waals surface area (Å²) >= 11 is 6.27. The number of phenolic OH excluding ortho intramolecular Hbond substituents is 2. The summed E-state index contributed by atoms with van der Waals surface area (Å²) in [5.74, 6) is -0.483. The Morgan fingerprint density at radius 2 is 2.00 bits per heavy atom. The number of aromatic hydroxyl groups is 2. The van der Waals surface area contributed by atoms with E-state index in [-0.39, 0.29) is 34.4 Å². The zero-order valence-corrected chi connectivity index (χ0v) is 11.6. The minimum atomic E-state index is -0.314. The van der Waals surface area contributed by atoms with E-state index in [0.29, 0.717) is 0 Å². The minimum Gasteiger partial charge on any atom is -0.508 e. The van der Waals surface area contributed by atoms with Crippen LogP contribution in [0.2, 0.25) is 0 Å². The van der Waals surface area contributed by atoms with E-state index in [1.165, 1.54) is 18.2 Å². The van der Waals surface area contributed by atoms with Crippen LogP contribution < -0.4 is 0 Å². The number of alkyl halides is 1. The quantitative estimate of drug-likeness (QED) is 0.648. The fourth-order valence-electron chi connectivity index (χ4n) is 2.54. The molecule has 0 saturated heterocycles. The van der Waals surface area contributed by atoms with Gasteiger partial charge >= 0.3 is 0 Å². The topological polar surface area (TPSA) is 60.8 Å². The molecule has 2 rings (SSSR count). The molecule has 0 aliphatic heterocycles. The van der Waals surface area contributed by atoms with Gasteiger partial charge in [-0.05, 0) is 31.0 Å². The highest BCUT2D eigenvalue weighted by Crippen LogP contribution is 2.29. The third-order valence-electron chi connectivity index (χ3n) is 3.68. The average molecular weight is 284 g/mol. The predicted molar refractivity (Wildman–Crippen MR) is 73.8 cm³/mol. The number of amides is 1. The molecule has 1 amide bonds. The van der Waals surface area contributed by atoms with Crippen LogP contribution in [0.5, 0.6) is 11.5 Å². The summed E-state index contributed by atoms with van der Waals surface area (Å²) in [6.07, 6.45) is 3.91. The molecule has 1 aliphatic carbocycles. The van der Waals surface area contributed by atoms with Crippen LogP contribution >= 0.6 is 11.6 Å². The Morgan fingerprint density at radius 1 is 1.32 bits per heavy atom. The molecule has 1 fully saturated rings. The first kappa shape index (κ1) is 14.0. The van der Waals surface area contributed by atoms with Gasteiger partial charge < -0.3 is 15.1 Å². The van der Waals surface area contributed by atoms with Crippen LogP contribution in [0.3, 0.4) is 0 Å². The monoisotopic (exact) mass is 283 g/mol. The number of phenols is 2. The molecule has 2 atom stereocenters. The van der Waals surface area contributed by atoms with Crippen LogP contribution in [0.1, 0.15) is 36.0 Å². The first-order valence-electron chi connectivity index (χ1n) is 6.44. The van der Waals surface area contributed by atoms with E-state index < -0.39 is 0 Å². The fraction of sp³-hybridized carbons (Fsp3) is 0.500. The average Bonchev–Trinajstić information content (AvgIpc) is 2.40. The van der Waals surface area contributed by atoms with Crippen molar-refractivity contribution in [3.05, 3.63) is 23.8 Å². The van der Waals surface area contributed by atoms with Gasteiger partial charge in [0.2, 0.25) is 0 Å². The Bertz CT molecular complexity index is 478. The molecule has 2 N–H and O–H groups in total. The van der Waals surface area contributed by atoms with Gasteiger partial charge in [-0.1, -0.05) is 12.8 Å². The molecule has 1 aliphatic rings. The maximum atomic E-state index is 12.4.